The first-order chi connectivity index (χ1) is 9.97. The highest BCUT2D eigenvalue weighted by atomic mass is 32.2. The molecule has 2 rings (SSSR count). The van der Waals surface area contributed by atoms with Crippen molar-refractivity contribution in [2.45, 2.75) is 31.9 Å². The molecular weight excluding hydrogens is 278 g/mol. The molecule has 112 valence electrons. The lowest BCUT2D eigenvalue weighted by Gasteiger charge is -2.18. The van der Waals surface area contributed by atoms with Gasteiger partial charge in [0, 0.05) is 6.54 Å². The molecule has 0 radical (unpaired) electrons. The SMILES string of the molecule is CC(C)(C)S(=O)NCCc1ccc(-c2ccccc2)cc1. The Hall–Kier alpha value is -1.45. The minimum Gasteiger partial charge on any atom is -0.242 e. The summed E-state index contributed by atoms with van der Waals surface area (Å²) in [7, 11) is -0.995. The zero-order valence-electron chi connectivity index (χ0n) is 12.9. The molecule has 0 fully saturated rings. The third kappa shape index (κ3) is 4.80. The van der Waals surface area contributed by atoms with Crippen LogP contribution in [0.2, 0.25) is 0 Å². The van der Waals surface area contributed by atoms with Crippen molar-refractivity contribution in [3.8, 4) is 11.1 Å². The van der Waals surface area contributed by atoms with Crippen molar-refractivity contribution in [3.05, 3.63) is 60.2 Å². The van der Waals surface area contributed by atoms with E-state index in [1.807, 2.05) is 26.8 Å². The van der Waals surface area contributed by atoms with Crippen LogP contribution in [0, 0.1) is 0 Å². The minimum absolute atomic E-state index is 0.211. The Morgan fingerprint density at radius 2 is 1.48 bits per heavy atom. The second-order valence-electron chi connectivity index (χ2n) is 6.09. The smallest absolute Gasteiger partial charge is 0.0970 e. The zero-order chi connectivity index (χ0) is 15.3. The van der Waals surface area contributed by atoms with Gasteiger partial charge in [-0.05, 0) is 43.9 Å². The molecule has 0 saturated heterocycles. The van der Waals surface area contributed by atoms with Crippen LogP contribution in [0.3, 0.4) is 0 Å². The number of rotatable bonds is 5. The van der Waals surface area contributed by atoms with Crippen molar-refractivity contribution in [2.75, 3.05) is 6.54 Å². The molecule has 1 unspecified atom stereocenters. The molecule has 0 aliphatic heterocycles. The van der Waals surface area contributed by atoms with Crippen molar-refractivity contribution >= 4 is 11.0 Å². The Bertz CT molecular complexity index is 585. The number of nitrogens with one attached hydrogen (secondary N) is 1. The van der Waals surface area contributed by atoms with Crippen LogP contribution in [-0.4, -0.2) is 15.5 Å². The summed E-state index contributed by atoms with van der Waals surface area (Å²) < 4.78 is 14.8. The van der Waals surface area contributed by atoms with Gasteiger partial charge in [-0.3, -0.25) is 0 Å². The molecule has 2 aromatic carbocycles. The van der Waals surface area contributed by atoms with Gasteiger partial charge in [0.1, 0.15) is 0 Å². The van der Waals surface area contributed by atoms with Crippen molar-refractivity contribution < 1.29 is 4.21 Å². The standard InChI is InChI=1S/C18H23NOS/c1-18(2,3)21(20)19-14-13-15-9-11-17(12-10-15)16-7-5-4-6-8-16/h4-12,19H,13-14H2,1-3H3. The average molecular weight is 301 g/mol. The van der Waals surface area contributed by atoms with E-state index < -0.39 is 11.0 Å². The van der Waals surface area contributed by atoms with E-state index in [0.717, 1.165) is 13.0 Å². The predicted molar refractivity (Wildman–Crippen MR) is 91.5 cm³/mol. The Morgan fingerprint density at radius 1 is 0.905 bits per heavy atom. The van der Waals surface area contributed by atoms with Gasteiger partial charge in [0.05, 0.1) is 15.7 Å². The zero-order valence-corrected chi connectivity index (χ0v) is 13.7. The molecule has 2 nitrogen and oxygen atoms in total. The molecule has 0 amide bonds. The van der Waals surface area contributed by atoms with E-state index in [1.54, 1.807) is 0 Å². The second-order valence-corrected chi connectivity index (χ2v) is 8.14. The lowest BCUT2D eigenvalue weighted by atomic mass is 10.0. The van der Waals surface area contributed by atoms with Gasteiger partial charge in [-0.25, -0.2) is 8.93 Å². The van der Waals surface area contributed by atoms with Gasteiger partial charge in [0.15, 0.2) is 0 Å². The summed E-state index contributed by atoms with van der Waals surface area (Å²) in [6, 6.07) is 18.9. The van der Waals surface area contributed by atoms with E-state index in [2.05, 4.69) is 53.3 Å². The van der Waals surface area contributed by atoms with E-state index in [4.69, 9.17) is 0 Å². The van der Waals surface area contributed by atoms with Gasteiger partial charge in [-0.1, -0.05) is 54.6 Å². The number of hydrogen-bond donors (Lipinski definition) is 1. The number of hydrogen-bond acceptors (Lipinski definition) is 1. The summed E-state index contributed by atoms with van der Waals surface area (Å²) in [6.45, 7) is 6.66. The first kappa shape index (κ1) is 15.9. The lowest BCUT2D eigenvalue weighted by molar-refractivity contribution is 0.635. The highest BCUT2D eigenvalue weighted by Crippen LogP contribution is 2.19. The van der Waals surface area contributed by atoms with E-state index in [0.29, 0.717) is 0 Å². The maximum Gasteiger partial charge on any atom is 0.0970 e. The summed E-state index contributed by atoms with van der Waals surface area (Å²) in [4.78, 5) is 0. The summed E-state index contributed by atoms with van der Waals surface area (Å²) >= 11 is 0. The molecule has 1 N–H and O–H groups in total. The first-order valence-corrected chi connectivity index (χ1v) is 8.41. The normalized spacial score (nSPS) is 13.1. The second kappa shape index (κ2) is 7.01. The lowest BCUT2D eigenvalue weighted by Crippen LogP contribution is -2.34. The third-order valence-corrected chi connectivity index (χ3v) is 4.84. The van der Waals surface area contributed by atoms with Gasteiger partial charge in [-0.15, -0.1) is 0 Å². The molecular formula is C18H23NOS. The molecule has 1 atom stereocenters. The fourth-order valence-corrected chi connectivity index (χ4v) is 2.72. The summed E-state index contributed by atoms with van der Waals surface area (Å²) in [5, 5.41) is 0. The Balaban J connectivity index is 1.90. The van der Waals surface area contributed by atoms with Crippen LogP contribution in [-0.2, 0) is 17.4 Å². The molecule has 0 aliphatic carbocycles. The molecule has 3 heteroatoms. The first-order valence-electron chi connectivity index (χ1n) is 7.26. The maximum absolute atomic E-state index is 11.9. The van der Waals surface area contributed by atoms with Crippen LogP contribution in [0.5, 0.6) is 0 Å². The highest BCUT2D eigenvalue weighted by molar-refractivity contribution is 7.84. The fraction of sp³-hybridized carbons (Fsp3) is 0.333. The molecule has 0 spiro atoms. The maximum atomic E-state index is 11.9. The van der Waals surface area contributed by atoms with E-state index in [-0.39, 0.29) is 4.75 Å². The van der Waals surface area contributed by atoms with Crippen LogP contribution in [0.25, 0.3) is 11.1 Å². The van der Waals surface area contributed by atoms with E-state index in [1.165, 1.54) is 16.7 Å². The third-order valence-electron chi connectivity index (χ3n) is 3.26. The molecule has 0 heterocycles. The minimum atomic E-state index is -0.995. The van der Waals surface area contributed by atoms with Crippen molar-refractivity contribution in [3.63, 3.8) is 0 Å². The van der Waals surface area contributed by atoms with Crippen LogP contribution in [0.15, 0.2) is 54.6 Å². The van der Waals surface area contributed by atoms with Gasteiger partial charge < -0.3 is 0 Å². The van der Waals surface area contributed by atoms with Crippen molar-refractivity contribution in [2.24, 2.45) is 0 Å². The van der Waals surface area contributed by atoms with E-state index in [9.17, 15) is 4.21 Å². The Kier molecular flexibility index (Phi) is 5.32. The van der Waals surface area contributed by atoms with E-state index >= 15 is 0 Å². The largest absolute Gasteiger partial charge is 0.242 e. The summed E-state index contributed by atoms with van der Waals surface area (Å²) in [6.07, 6.45) is 0.886. The Labute approximate surface area is 130 Å². The molecule has 0 saturated carbocycles. The molecule has 0 aromatic heterocycles. The van der Waals surface area contributed by atoms with Gasteiger partial charge in [0.25, 0.3) is 0 Å². The van der Waals surface area contributed by atoms with Crippen LogP contribution >= 0.6 is 0 Å². The molecule has 0 aliphatic rings. The van der Waals surface area contributed by atoms with Gasteiger partial charge >= 0.3 is 0 Å². The number of benzene rings is 2. The Morgan fingerprint density at radius 3 is 2.05 bits per heavy atom. The highest BCUT2D eigenvalue weighted by Gasteiger charge is 2.18. The topological polar surface area (TPSA) is 29.1 Å². The average Bonchev–Trinajstić information content (AvgIpc) is 2.48. The fourth-order valence-electron chi connectivity index (χ4n) is 2.00. The van der Waals surface area contributed by atoms with Crippen molar-refractivity contribution in [1.29, 1.82) is 0 Å². The predicted octanol–water partition coefficient (Wildman–Crippen LogP) is 3.95. The molecule has 21 heavy (non-hydrogen) atoms. The van der Waals surface area contributed by atoms with Crippen LogP contribution in [0.1, 0.15) is 26.3 Å². The van der Waals surface area contributed by atoms with Crippen molar-refractivity contribution in [1.82, 2.24) is 4.72 Å². The molecule has 0 bridgehead atoms. The van der Waals surface area contributed by atoms with Gasteiger partial charge in [-0.2, -0.15) is 0 Å². The quantitative estimate of drug-likeness (QED) is 0.890. The molecule has 2 aromatic rings. The monoisotopic (exact) mass is 301 g/mol. The van der Waals surface area contributed by atoms with Crippen LogP contribution < -0.4 is 4.72 Å². The summed E-state index contributed by atoms with van der Waals surface area (Å²) in [5.74, 6) is 0. The van der Waals surface area contributed by atoms with Crippen LogP contribution in [0.4, 0.5) is 0 Å². The van der Waals surface area contributed by atoms with Gasteiger partial charge in [0.2, 0.25) is 0 Å². The summed E-state index contributed by atoms with van der Waals surface area (Å²) in [5.41, 5.74) is 3.72.